The van der Waals surface area contributed by atoms with E-state index in [9.17, 15) is 9.59 Å². The monoisotopic (exact) mass is 333 g/mol. The molecule has 2 rings (SSSR count). The average molecular weight is 333 g/mol. The number of unbranched alkanes of at least 4 members (excludes halogenated alkanes) is 1. The predicted molar refractivity (Wildman–Crippen MR) is 88.2 cm³/mol. The van der Waals surface area contributed by atoms with Crippen LogP contribution in [0.4, 0.5) is 4.39 Å². The zero-order valence-electron chi connectivity index (χ0n) is 16.8. The van der Waals surface area contributed by atoms with Crippen molar-refractivity contribution in [3.05, 3.63) is 33.1 Å². The number of halogens is 1. The number of nitrogens with zero attached hydrogens (tertiary/aromatic N) is 1. The van der Waals surface area contributed by atoms with Crippen LogP contribution in [0.2, 0.25) is 0 Å². The summed E-state index contributed by atoms with van der Waals surface area (Å²) in [4.78, 5) is 24.9. The minimum atomic E-state index is -2.96. The topological polar surface area (TPSA) is 90.1 Å². The van der Waals surface area contributed by atoms with Gasteiger partial charge < -0.3 is 10.5 Å². The maximum Gasteiger partial charge on any atom is 0.330 e. The number of hydrogen-bond acceptors (Lipinski definition) is 4. The second kappa shape index (κ2) is 8.40. The SMILES string of the molecule is CCCCN.[2H][13C]([2H])([2H])[C@@]1(F)[C@H](C)[C@@H](CC)O[C@H]1n1ccc(=O)[nH]c1=O. The van der Waals surface area contributed by atoms with Crippen molar-refractivity contribution in [3.63, 3.8) is 0 Å². The van der Waals surface area contributed by atoms with Gasteiger partial charge in [0.2, 0.25) is 0 Å². The molecule has 132 valence electrons. The van der Waals surface area contributed by atoms with E-state index in [1.807, 2.05) is 4.98 Å². The van der Waals surface area contributed by atoms with E-state index in [-0.39, 0.29) is 0 Å². The maximum atomic E-state index is 15.3. The lowest BCUT2D eigenvalue weighted by atomic mass is 9.93. The summed E-state index contributed by atoms with van der Waals surface area (Å²) in [7, 11) is 0. The molecule has 6 nitrogen and oxygen atoms in total. The maximum absolute atomic E-state index is 15.3. The quantitative estimate of drug-likeness (QED) is 0.824. The Kier molecular flexibility index (Phi) is 5.51. The number of rotatable bonds is 4. The molecule has 0 radical (unpaired) electrons. The van der Waals surface area contributed by atoms with Crippen LogP contribution in [-0.2, 0) is 4.74 Å². The van der Waals surface area contributed by atoms with Crippen LogP contribution in [0.3, 0.4) is 0 Å². The van der Waals surface area contributed by atoms with Gasteiger partial charge in [0.1, 0.15) is 0 Å². The highest BCUT2D eigenvalue weighted by atomic mass is 19.1. The number of hydrogen-bond donors (Lipinski definition) is 2. The molecule has 1 aliphatic rings. The number of nitrogens with two attached hydrogens (primary N) is 1. The zero-order valence-corrected chi connectivity index (χ0v) is 13.8. The van der Waals surface area contributed by atoms with Crippen LogP contribution in [0.5, 0.6) is 0 Å². The van der Waals surface area contributed by atoms with Crippen molar-refractivity contribution < 1.29 is 13.2 Å². The molecule has 0 saturated carbocycles. The second-order valence-electron chi connectivity index (χ2n) is 5.65. The molecule has 7 heteroatoms. The predicted octanol–water partition coefficient (Wildman–Crippen LogP) is 1.95. The minimum Gasteiger partial charge on any atom is -0.351 e. The van der Waals surface area contributed by atoms with Gasteiger partial charge in [-0.05, 0) is 26.2 Å². The molecule has 0 amide bonds. The molecule has 23 heavy (non-hydrogen) atoms. The number of ether oxygens (including phenoxy) is 1. The molecular weight excluding hydrogens is 302 g/mol. The average Bonchev–Trinajstić information content (AvgIpc) is 2.81. The van der Waals surface area contributed by atoms with Gasteiger partial charge >= 0.3 is 5.69 Å². The van der Waals surface area contributed by atoms with Crippen molar-refractivity contribution in [1.82, 2.24) is 9.55 Å². The highest BCUT2D eigenvalue weighted by Gasteiger charge is 2.52. The Hall–Kier alpha value is -1.47. The summed E-state index contributed by atoms with van der Waals surface area (Å²) in [5.74, 6) is -0.918. The molecule has 0 unspecified atom stereocenters. The van der Waals surface area contributed by atoms with Crippen LogP contribution < -0.4 is 17.0 Å². The van der Waals surface area contributed by atoms with Crippen molar-refractivity contribution in [2.24, 2.45) is 11.7 Å². The zero-order chi connectivity index (χ0) is 20.1. The molecule has 2 heterocycles. The van der Waals surface area contributed by atoms with Crippen LogP contribution in [0.1, 0.15) is 57.2 Å². The summed E-state index contributed by atoms with van der Waals surface area (Å²) in [6.07, 6.45) is 1.62. The van der Waals surface area contributed by atoms with Crippen molar-refractivity contribution in [2.45, 2.75) is 64.9 Å². The van der Waals surface area contributed by atoms with Gasteiger partial charge in [-0.1, -0.05) is 27.2 Å². The lowest BCUT2D eigenvalue weighted by Crippen LogP contribution is -2.40. The summed E-state index contributed by atoms with van der Waals surface area (Å²) in [6, 6.07) is 1.02. The van der Waals surface area contributed by atoms with Crippen LogP contribution in [0.15, 0.2) is 21.9 Å². The van der Waals surface area contributed by atoms with Crippen molar-refractivity contribution >= 4 is 0 Å². The van der Waals surface area contributed by atoms with Crippen molar-refractivity contribution in [1.29, 1.82) is 0 Å². The standard InChI is InChI=1S/C12H17FN2O3.C4H11N/c1-4-8-7(2)12(3,13)10(18-8)15-6-5-9(16)14-11(15)17;1-2-3-4-5/h5-8,10H,4H2,1-3H3,(H,14,16,17);2-5H2,1H3/t7-,8-,10-,12-;/m1./s1/i3+1D3;. The highest BCUT2D eigenvalue weighted by Crippen LogP contribution is 2.45. The van der Waals surface area contributed by atoms with Gasteiger partial charge in [-0.2, -0.15) is 0 Å². The number of aromatic nitrogens is 2. The Morgan fingerprint density at radius 2 is 2.22 bits per heavy atom. The fraction of sp³-hybridized carbons (Fsp3) is 0.750. The van der Waals surface area contributed by atoms with Crippen LogP contribution >= 0.6 is 0 Å². The molecule has 0 bridgehead atoms. The number of alkyl halides is 1. The van der Waals surface area contributed by atoms with E-state index >= 15 is 4.39 Å². The van der Waals surface area contributed by atoms with Gasteiger partial charge in [0.05, 0.1) is 6.10 Å². The fourth-order valence-corrected chi connectivity index (χ4v) is 2.41. The Labute approximate surface area is 140 Å². The minimum absolute atomic E-state index is 0.414. The van der Waals surface area contributed by atoms with Gasteiger partial charge in [-0.3, -0.25) is 14.3 Å². The van der Waals surface area contributed by atoms with E-state index in [1.54, 1.807) is 6.92 Å². The molecule has 0 spiro atoms. The van der Waals surface area contributed by atoms with Gasteiger partial charge in [0.15, 0.2) is 11.9 Å². The van der Waals surface area contributed by atoms with E-state index in [4.69, 9.17) is 14.6 Å². The van der Waals surface area contributed by atoms with Gasteiger partial charge in [0.25, 0.3) is 5.56 Å². The van der Waals surface area contributed by atoms with Crippen molar-refractivity contribution in [3.8, 4) is 0 Å². The largest absolute Gasteiger partial charge is 0.351 e. The fourth-order valence-electron chi connectivity index (χ4n) is 2.41. The summed E-state index contributed by atoms with van der Waals surface area (Å²) in [6.45, 7) is 3.22. The molecule has 3 N–H and O–H groups in total. The van der Waals surface area contributed by atoms with E-state index in [0.717, 1.165) is 23.4 Å². The molecule has 0 aromatic carbocycles. The lowest BCUT2D eigenvalue weighted by Gasteiger charge is -2.25. The first kappa shape index (κ1) is 15.1. The molecule has 1 aromatic heterocycles. The van der Waals surface area contributed by atoms with Crippen LogP contribution in [0.25, 0.3) is 0 Å². The van der Waals surface area contributed by atoms with Crippen LogP contribution in [0, 0.1) is 5.92 Å². The molecule has 4 atom stereocenters. The number of nitrogens with one attached hydrogen (secondary N) is 1. The van der Waals surface area contributed by atoms with Gasteiger partial charge in [0, 0.05) is 22.3 Å². The number of aromatic amines is 1. The van der Waals surface area contributed by atoms with Gasteiger partial charge in [-0.25, -0.2) is 9.18 Å². The normalized spacial score (nSPS) is 32.4. The summed E-state index contributed by atoms with van der Waals surface area (Å²) >= 11 is 0. The third-order valence-electron chi connectivity index (χ3n) is 3.95. The third-order valence-corrected chi connectivity index (χ3v) is 3.95. The molecule has 1 fully saturated rings. The smallest absolute Gasteiger partial charge is 0.330 e. The van der Waals surface area contributed by atoms with E-state index in [0.29, 0.717) is 6.42 Å². The summed E-state index contributed by atoms with van der Waals surface area (Å²) in [5, 5.41) is 0. The first-order chi connectivity index (χ1) is 12.0. The molecular formula is C16H28FN3O3. The second-order valence-corrected chi connectivity index (χ2v) is 5.65. The molecule has 1 aromatic rings. The molecule has 1 saturated heterocycles. The Morgan fingerprint density at radius 1 is 1.52 bits per heavy atom. The van der Waals surface area contributed by atoms with Crippen LogP contribution in [-0.4, -0.2) is 27.9 Å². The van der Waals surface area contributed by atoms with E-state index in [1.165, 1.54) is 19.8 Å². The van der Waals surface area contributed by atoms with Crippen molar-refractivity contribution in [2.75, 3.05) is 6.54 Å². The van der Waals surface area contributed by atoms with E-state index in [2.05, 4.69) is 6.92 Å². The summed E-state index contributed by atoms with van der Waals surface area (Å²) in [5.41, 5.74) is 0.881. The van der Waals surface area contributed by atoms with E-state index < -0.39 is 42.0 Å². The first-order valence-corrected chi connectivity index (χ1v) is 7.90. The Bertz CT molecular complexity index is 690. The summed E-state index contributed by atoms with van der Waals surface area (Å²) < 4.78 is 44.1. The molecule has 0 aliphatic carbocycles. The Morgan fingerprint density at radius 3 is 2.65 bits per heavy atom. The first-order valence-electron chi connectivity index (χ1n) is 9.40. The Balaban J connectivity index is 0.000000597. The third kappa shape index (κ3) is 4.51. The lowest BCUT2D eigenvalue weighted by molar-refractivity contribution is -0.0502. The molecule has 1 aliphatic heterocycles. The van der Waals surface area contributed by atoms with Gasteiger partial charge in [-0.15, -0.1) is 0 Å². The number of H-pyrrole nitrogens is 1. The highest BCUT2D eigenvalue weighted by molar-refractivity contribution is 4.98.